The molecule has 1 saturated heterocycles. The Morgan fingerprint density at radius 2 is 1.82 bits per heavy atom. The quantitative estimate of drug-likeness (QED) is 0.434. The molecule has 7 heteroatoms. The van der Waals surface area contributed by atoms with Gasteiger partial charge in [-0.3, -0.25) is 9.59 Å². The molecule has 1 aromatic carbocycles. The summed E-state index contributed by atoms with van der Waals surface area (Å²) in [6.45, 7) is 8.81. The highest BCUT2D eigenvalue weighted by Crippen LogP contribution is 2.33. The average Bonchev–Trinajstić information content (AvgIpc) is 2.84. The van der Waals surface area contributed by atoms with Gasteiger partial charge in [0.15, 0.2) is 0 Å². The van der Waals surface area contributed by atoms with E-state index in [1.54, 1.807) is 36.4 Å². The normalized spacial score (nSPS) is 21.4. The molecule has 2 aliphatic rings. The van der Waals surface area contributed by atoms with Crippen LogP contribution in [-0.4, -0.2) is 48.5 Å². The van der Waals surface area contributed by atoms with Crippen molar-refractivity contribution in [2.24, 2.45) is 5.92 Å². The van der Waals surface area contributed by atoms with Crippen LogP contribution in [0.1, 0.15) is 17.3 Å². The molecule has 2 aliphatic heterocycles. The lowest BCUT2D eigenvalue weighted by atomic mass is 9.90. The highest BCUT2D eigenvalue weighted by Gasteiger charge is 2.48. The largest absolute Gasteiger partial charge is 0.462 e. The van der Waals surface area contributed by atoms with Crippen molar-refractivity contribution in [1.82, 2.24) is 10.0 Å². The van der Waals surface area contributed by atoms with Crippen molar-refractivity contribution in [2.45, 2.75) is 38.7 Å². The number of nitrogens with zero attached hydrogens (tertiary/aromatic N) is 2. The topological polar surface area (TPSA) is 66.9 Å². The third-order valence-electron chi connectivity index (χ3n) is 4.93. The van der Waals surface area contributed by atoms with E-state index in [9.17, 15) is 14.4 Å². The summed E-state index contributed by atoms with van der Waals surface area (Å²) in [5, 5.41) is 2.65. The zero-order chi connectivity index (χ0) is 20.5. The number of benzene rings is 1. The Bertz CT molecular complexity index is 842. The predicted octanol–water partition coefficient (Wildman–Crippen LogP) is 3.23. The maximum atomic E-state index is 13.0. The Morgan fingerprint density at radius 3 is 2.46 bits per heavy atom. The van der Waals surface area contributed by atoms with Gasteiger partial charge < -0.3 is 4.74 Å². The SMILES string of the molecule is C[C@@H]1C(=O)N2[C@@H]1C=CC(C(=O)OCC[Si](C)(C)C)=CN2C(=O)c1ccccc1. The van der Waals surface area contributed by atoms with Gasteiger partial charge >= 0.3 is 5.97 Å². The monoisotopic (exact) mass is 398 g/mol. The molecule has 3 rings (SSSR count). The van der Waals surface area contributed by atoms with Crippen LogP contribution >= 0.6 is 0 Å². The number of esters is 1. The van der Waals surface area contributed by atoms with Crippen LogP contribution in [-0.2, 0) is 14.3 Å². The summed E-state index contributed by atoms with van der Waals surface area (Å²) in [6, 6.07) is 9.31. The Kier molecular flexibility index (Phi) is 5.56. The first-order valence-corrected chi connectivity index (χ1v) is 13.2. The molecule has 0 spiro atoms. The average molecular weight is 399 g/mol. The molecule has 0 radical (unpaired) electrons. The zero-order valence-electron chi connectivity index (χ0n) is 16.7. The Hall–Kier alpha value is -2.67. The minimum absolute atomic E-state index is 0.150. The Balaban J connectivity index is 1.85. The van der Waals surface area contributed by atoms with Crippen molar-refractivity contribution >= 4 is 25.9 Å². The van der Waals surface area contributed by atoms with E-state index in [1.807, 2.05) is 13.0 Å². The van der Waals surface area contributed by atoms with E-state index in [-0.39, 0.29) is 29.3 Å². The van der Waals surface area contributed by atoms with E-state index in [2.05, 4.69) is 19.6 Å². The van der Waals surface area contributed by atoms with E-state index >= 15 is 0 Å². The maximum Gasteiger partial charge on any atom is 0.339 e. The number of carbonyl (C=O) groups excluding carboxylic acids is 3. The van der Waals surface area contributed by atoms with Gasteiger partial charge in [0.05, 0.1) is 24.1 Å². The molecule has 28 heavy (non-hydrogen) atoms. The standard InChI is InChI=1S/C21H26N2O4Si/c1-15-18-11-10-17(21(26)27-12-13-28(2,3)4)14-22(23(18)19(15)24)20(25)16-8-6-5-7-9-16/h5-11,14-15,18H,12-13H2,1-4H3/t15-,18+/m0/s1. The van der Waals surface area contributed by atoms with E-state index in [0.717, 1.165) is 6.04 Å². The number of rotatable bonds is 5. The van der Waals surface area contributed by atoms with Crippen LogP contribution in [0.4, 0.5) is 0 Å². The molecule has 0 bridgehead atoms. The smallest absolute Gasteiger partial charge is 0.339 e. The second-order valence-corrected chi connectivity index (χ2v) is 14.0. The van der Waals surface area contributed by atoms with E-state index in [4.69, 9.17) is 4.74 Å². The van der Waals surface area contributed by atoms with Gasteiger partial charge in [-0.2, -0.15) is 0 Å². The number of hydrogen-bond acceptors (Lipinski definition) is 4. The Morgan fingerprint density at radius 1 is 1.14 bits per heavy atom. The lowest BCUT2D eigenvalue weighted by Crippen LogP contribution is -2.65. The summed E-state index contributed by atoms with van der Waals surface area (Å²) in [6.07, 6.45) is 4.85. The second kappa shape index (κ2) is 7.75. The number of β-lactam (4-membered cyclic amide) rings is 1. The predicted molar refractivity (Wildman–Crippen MR) is 109 cm³/mol. The first kappa shape index (κ1) is 20.1. The van der Waals surface area contributed by atoms with Crippen LogP contribution in [0.15, 0.2) is 54.3 Å². The highest BCUT2D eigenvalue weighted by molar-refractivity contribution is 6.76. The molecule has 148 valence electrons. The van der Waals surface area contributed by atoms with Crippen LogP contribution < -0.4 is 0 Å². The van der Waals surface area contributed by atoms with Gasteiger partial charge in [-0.05, 0) is 24.3 Å². The van der Waals surface area contributed by atoms with Crippen LogP contribution in [0.3, 0.4) is 0 Å². The lowest BCUT2D eigenvalue weighted by molar-refractivity contribution is -0.170. The van der Waals surface area contributed by atoms with Crippen LogP contribution in [0.2, 0.25) is 25.7 Å². The van der Waals surface area contributed by atoms with Gasteiger partial charge in [-0.1, -0.05) is 50.8 Å². The van der Waals surface area contributed by atoms with E-state index < -0.39 is 14.0 Å². The van der Waals surface area contributed by atoms with Crippen LogP contribution in [0, 0.1) is 5.92 Å². The summed E-state index contributed by atoms with van der Waals surface area (Å²) in [5.74, 6) is -1.23. The minimum atomic E-state index is -1.32. The third-order valence-corrected chi connectivity index (χ3v) is 6.63. The van der Waals surface area contributed by atoms with E-state index in [1.165, 1.54) is 16.2 Å². The Labute approximate surface area is 166 Å². The number of carbonyl (C=O) groups is 3. The lowest BCUT2D eigenvalue weighted by Gasteiger charge is -2.47. The molecular formula is C21H26N2O4Si. The maximum absolute atomic E-state index is 13.0. The first-order chi connectivity index (χ1) is 13.2. The number of hydrogen-bond donors (Lipinski definition) is 0. The number of hydrazine groups is 1. The second-order valence-electron chi connectivity index (χ2n) is 8.37. The summed E-state index contributed by atoms with van der Waals surface area (Å²) < 4.78 is 5.43. The molecule has 2 amide bonds. The molecule has 0 saturated carbocycles. The fraction of sp³-hybridized carbons (Fsp3) is 0.381. The van der Waals surface area contributed by atoms with Gasteiger partial charge in [-0.25, -0.2) is 14.8 Å². The number of amides is 2. The minimum Gasteiger partial charge on any atom is -0.462 e. The van der Waals surface area contributed by atoms with Gasteiger partial charge in [-0.15, -0.1) is 0 Å². The molecule has 2 heterocycles. The molecule has 0 N–H and O–H groups in total. The third kappa shape index (κ3) is 4.09. The molecular weight excluding hydrogens is 372 g/mol. The molecule has 0 unspecified atom stereocenters. The van der Waals surface area contributed by atoms with Crippen molar-refractivity contribution in [3.8, 4) is 0 Å². The number of ether oxygens (including phenoxy) is 1. The van der Waals surface area contributed by atoms with Crippen molar-refractivity contribution < 1.29 is 19.1 Å². The van der Waals surface area contributed by atoms with Crippen molar-refractivity contribution in [1.29, 1.82) is 0 Å². The summed E-state index contributed by atoms with van der Waals surface area (Å²) in [7, 11) is -1.32. The van der Waals surface area contributed by atoms with Gasteiger partial charge in [0.2, 0.25) is 5.91 Å². The molecule has 1 fully saturated rings. The van der Waals surface area contributed by atoms with Gasteiger partial charge in [0, 0.05) is 19.8 Å². The molecule has 0 aliphatic carbocycles. The fourth-order valence-electron chi connectivity index (χ4n) is 3.09. The van der Waals surface area contributed by atoms with Crippen molar-refractivity contribution in [3.05, 3.63) is 59.8 Å². The van der Waals surface area contributed by atoms with Crippen molar-refractivity contribution in [2.75, 3.05) is 6.61 Å². The van der Waals surface area contributed by atoms with Crippen molar-refractivity contribution in [3.63, 3.8) is 0 Å². The van der Waals surface area contributed by atoms with E-state index in [0.29, 0.717) is 12.2 Å². The van der Waals surface area contributed by atoms with Crippen LogP contribution in [0.25, 0.3) is 0 Å². The summed E-state index contributed by atoms with van der Waals surface area (Å²) >= 11 is 0. The zero-order valence-corrected chi connectivity index (χ0v) is 17.7. The van der Waals surface area contributed by atoms with Gasteiger partial charge in [0.25, 0.3) is 5.91 Å². The summed E-state index contributed by atoms with van der Waals surface area (Å²) in [5.41, 5.74) is 0.701. The van der Waals surface area contributed by atoms with Crippen LogP contribution in [0.5, 0.6) is 0 Å². The molecule has 6 nitrogen and oxygen atoms in total. The molecule has 2 atom stereocenters. The molecule has 0 aromatic heterocycles. The summed E-state index contributed by atoms with van der Waals surface area (Å²) in [4.78, 5) is 38.0. The highest BCUT2D eigenvalue weighted by atomic mass is 28.3. The molecule has 1 aromatic rings. The first-order valence-electron chi connectivity index (χ1n) is 9.48. The fourth-order valence-corrected chi connectivity index (χ4v) is 3.81. The van der Waals surface area contributed by atoms with Gasteiger partial charge in [0.1, 0.15) is 0 Å². The number of fused-ring (bicyclic) bond motifs is 1.